The molecule has 0 bridgehead atoms. The predicted molar refractivity (Wildman–Crippen MR) is 131 cm³/mol. The average molecular weight is 493 g/mol. The van der Waals surface area contributed by atoms with Gasteiger partial charge in [0.15, 0.2) is 0 Å². The van der Waals surface area contributed by atoms with E-state index in [0.29, 0.717) is 23.9 Å². The number of methoxy groups -OCH3 is 1. The fourth-order valence-electron chi connectivity index (χ4n) is 4.52. The smallest absolute Gasteiger partial charge is 0.241 e. The minimum atomic E-state index is -3.87. The molecule has 0 radical (unpaired) electrons. The number of rotatable bonds is 7. The highest BCUT2D eigenvalue weighted by molar-refractivity contribution is 7.89. The van der Waals surface area contributed by atoms with E-state index in [1.165, 1.54) is 24.8 Å². The van der Waals surface area contributed by atoms with Crippen molar-refractivity contribution >= 4 is 27.5 Å². The summed E-state index contributed by atoms with van der Waals surface area (Å²) in [6, 6.07) is 13.2. The summed E-state index contributed by atoms with van der Waals surface area (Å²) in [4.78, 5) is 15.4. The number of carbonyl (C=O) groups excluding carboxylic acids is 1. The zero-order valence-corrected chi connectivity index (χ0v) is 21.4. The van der Waals surface area contributed by atoms with E-state index >= 15 is 0 Å². The Labute approximate surface area is 202 Å². The third kappa shape index (κ3) is 5.89. The van der Waals surface area contributed by atoms with Gasteiger partial charge in [-0.25, -0.2) is 8.42 Å². The molecule has 8 heteroatoms. The van der Waals surface area contributed by atoms with Gasteiger partial charge in [-0.15, -0.1) is 0 Å². The molecular weight excluding hydrogens is 460 g/mol. The Bertz CT molecular complexity index is 1070. The van der Waals surface area contributed by atoms with Crippen molar-refractivity contribution in [2.24, 2.45) is 11.3 Å². The SMILES string of the molecule is COc1ccc(S(=O)(=O)N[C@@H](C(=O)N2CC[C@H](c3ccc(Cl)cc3)C(C)(C)C2)C(C)C)cc1. The predicted octanol–water partition coefficient (Wildman–Crippen LogP) is 4.69. The van der Waals surface area contributed by atoms with Crippen molar-refractivity contribution in [1.82, 2.24) is 9.62 Å². The second-order valence-electron chi connectivity index (χ2n) is 9.66. The summed E-state index contributed by atoms with van der Waals surface area (Å²) in [6.07, 6.45) is 0.802. The van der Waals surface area contributed by atoms with Crippen molar-refractivity contribution in [2.45, 2.75) is 51.0 Å². The third-order valence-corrected chi connectivity index (χ3v) is 8.11. The molecule has 1 aliphatic heterocycles. The fourth-order valence-corrected chi connectivity index (χ4v) is 5.98. The summed E-state index contributed by atoms with van der Waals surface area (Å²) in [5, 5.41) is 0.702. The molecule has 0 aliphatic carbocycles. The summed E-state index contributed by atoms with van der Waals surface area (Å²) in [6.45, 7) is 9.13. The zero-order chi connectivity index (χ0) is 24.4. The number of nitrogens with zero attached hydrogens (tertiary/aromatic N) is 1. The quantitative estimate of drug-likeness (QED) is 0.608. The number of likely N-dealkylation sites (tertiary alicyclic amines) is 1. The molecule has 1 aliphatic rings. The van der Waals surface area contributed by atoms with Crippen LogP contribution in [-0.2, 0) is 14.8 Å². The van der Waals surface area contributed by atoms with Crippen LogP contribution in [0, 0.1) is 11.3 Å². The molecule has 1 amide bonds. The van der Waals surface area contributed by atoms with Gasteiger partial charge in [0.05, 0.1) is 12.0 Å². The van der Waals surface area contributed by atoms with Crippen LogP contribution in [0.3, 0.4) is 0 Å². The lowest BCUT2D eigenvalue weighted by Crippen LogP contribution is -2.55. The number of hydrogen-bond donors (Lipinski definition) is 1. The number of carbonyl (C=O) groups is 1. The van der Waals surface area contributed by atoms with Crippen LogP contribution in [0.5, 0.6) is 5.75 Å². The first-order valence-corrected chi connectivity index (χ1v) is 13.0. The van der Waals surface area contributed by atoms with Gasteiger partial charge in [0.25, 0.3) is 0 Å². The Hall–Kier alpha value is -2.09. The highest BCUT2D eigenvalue weighted by atomic mass is 35.5. The number of sulfonamides is 1. The highest BCUT2D eigenvalue weighted by Crippen LogP contribution is 2.42. The molecule has 2 atom stereocenters. The Morgan fingerprint density at radius 1 is 1.12 bits per heavy atom. The molecule has 2 aromatic carbocycles. The summed E-state index contributed by atoms with van der Waals surface area (Å²) >= 11 is 6.05. The van der Waals surface area contributed by atoms with E-state index in [2.05, 4.69) is 18.6 Å². The number of benzene rings is 2. The lowest BCUT2D eigenvalue weighted by Gasteiger charge is -2.45. The number of halogens is 1. The Morgan fingerprint density at radius 2 is 1.73 bits per heavy atom. The molecule has 1 N–H and O–H groups in total. The Kier molecular flexibility index (Phi) is 7.76. The maximum absolute atomic E-state index is 13.5. The summed E-state index contributed by atoms with van der Waals surface area (Å²) in [5.74, 6) is 0.455. The molecule has 0 saturated carbocycles. The second-order valence-corrected chi connectivity index (χ2v) is 11.8. The molecule has 33 heavy (non-hydrogen) atoms. The van der Waals surface area contributed by atoms with Gasteiger partial charge in [-0.3, -0.25) is 4.79 Å². The standard InChI is InChI=1S/C25H33ClN2O4S/c1-17(2)23(27-33(30,31)21-12-10-20(32-5)11-13-21)24(29)28-15-14-22(25(3,4)16-28)18-6-8-19(26)9-7-18/h6-13,17,22-23,27H,14-16H2,1-5H3/t22-,23-/m1/s1. The summed E-state index contributed by atoms with van der Waals surface area (Å²) < 4.78 is 33.7. The van der Waals surface area contributed by atoms with Crippen LogP contribution >= 0.6 is 11.6 Å². The number of ether oxygens (including phenoxy) is 1. The van der Waals surface area contributed by atoms with Gasteiger partial charge in [0.1, 0.15) is 11.8 Å². The van der Waals surface area contributed by atoms with E-state index in [1.54, 1.807) is 17.0 Å². The lowest BCUT2D eigenvalue weighted by atomic mass is 9.70. The van der Waals surface area contributed by atoms with Crippen molar-refractivity contribution < 1.29 is 17.9 Å². The van der Waals surface area contributed by atoms with Crippen molar-refractivity contribution in [3.8, 4) is 5.75 Å². The van der Waals surface area contributed by atoms with Gasteiger partial charge in [-0.05, 0) is 65.6 Å². The maximum atomic E-state index is 13.5. The van der Waals surface area contributed by atoms with Crippen LogP contribution in [0.15, 0.2) is 53.4 Å². The molecule has 1 heterocycles. The van der Waals surface area contributed by atoms with E-state index in [1.807, 2.05) is 38.1 Å². The molecule has 1 fully saturated rings. The number of piperidine rings is 1. The van der Waals surface area contributed by atoms with Gasteiger partial charge in [0.2, 0.25) is 15.9 Å². The number of amides is 1. The van der Waals surface area contributed by atoms with E-state index in [0.717, 1.165) is 6.42 Å². The van der Waals surface area contributed by atoms with Gasteiger partial charge in [0, 0.05) is 18.1 Å². The molecule has 3 rings (SSSR count). The Morgan fingerprint density at radius 3 is 2.24 bits per heavy atom. The van der Waals surface area contributed by atoms with E-state index in [9.17, 15) is 13.2 Å². The van der Waals surface area contributed by atoms with Crippen LogP contribution in [-0.4, -0.2) is 45.5 Å². The lowest BCUT2D eigenvalue weighted by molar-refractivity contribution is -0.137. The van der Waals surface area contributed by atoms with E-state index in [-0.39, 0.29) is 28.1 Å². The van der Waals surface area contributed by atoms with Crippen LogP contribution in [0.4, 0.5) is 0 Å². The summed E-state index contributed by atoms with van der Waals surface area (Å²) in [5.41, 5.74) is 1.04. The first-order chi connectivity index (χ1) is 15.4. The minimum Gasteiger partial charge on any atom is -0.497 e. The van der Waals surface area contributed by atoms with Crippen molar-refractivity contribution in [1.29, 1.82) is 0 Å². The van der Waals surface area contributed by atoms with Crippen molar-refractivity contribution in [3.63, 3.8) is 0 Å². The number of nitrogens with one attached hydrogen (secondary N) is 1. The van der Waals surface area contributed by atoms with Gasteiger partial charge in [-0.1, -0.05) is 51.4 Å². The van der Waals surface area contributed by atoms with Gasteiger partial charge >= 0.3 is 0 Å². The first-order valence-electron chi connectivity index (χ1n) is 11.2. The normalized spacial score (nSPS) is 19.4. The topological polar surface area (TPSA) is 75.7 Å². The largest absolute Gasteiger partial charge is 0.497 e. The molecule has 2 aromatic rings. The van der Waals surface area contributed by atoms with E-state index in [4.69, 9.17) is 16.3 Å². The Balaban J connectivity index is 1.76. The van der Waals surface area contributed by atoms with Gasteiger partial charge in [-0.2, -0.15) is 4.72 Å². The molecule has 0 spiro atoms. The van der Waals surface area contributed by atoms with Gasteiger partial charge < -0.3 is 9.64 Å². The van der Waals surface area contributed by atoms with Crippen molar-refractivity contribution in [3.05, 3.63) is 59.1 Å². The zero-order valence-electron chi connectivity index (χ0n) is 19.8. The third-order valence-electron chi connectivity index (χ3n) is 6.40. The summed E-state index contributed by atoms with van der Waals surface area (Å²) in [7, 11) is -2.34. The molecule has 180 valence electrons. The van der Waals surface area contributed by atoms with Crippen LogP contribution in [0.25, 0.3) is 0 Å². The molecule has 1 saturated heterocycles. The molecule has 0 unspecified atom stereocenters. The van der Waals surface area contributed by atoms with Crippen LogP contribution in [0.1, 0.15) is 45.6 Å². The second kappa shape index (κ2) is 10.0. The van der Waals surface area contributed by atoms with Crippen molar-refractivity contribution in [2.75, 3.05) is 20.2 Å². The van der Waals surface area contributed by atoms with E-state index < -0.39 is 16.1 Å². The minimum absolute atomic E-state index is 0.100. The molecule has 0 aromatic heterocycles. The van der Waals surface area contributed by atoms with Crippen LogP contribution < -0.4 is 9.46 Å². The maximum Gasteiger partial charge on any atom is 0.241 e. The van der Waals surface area contributed by atoms with Crippen LogP contribution in [0.2, 0.25) is 5.02 Å². The fraction of sp³-hybridized carbons (Fsp3) is 0.480. The average Bonchev–Trinajstić information content (AvgIpc) is 2.77. The molecular formula is C25H33ClN2O4S. The number of hydrogen-bond acceptors (Lipinski definition) is 4. The highest BCUT2D eigenvalue weighted by Gasteiger charge is 2.41. The molecule has 6 nitrogen and oxygen atoms in total. The monoisotopic (exact) mass is 492 g/mol. The first kappa shape index (κ1) is 25.5.